The maximum atomic E-state index is 11.4. The maximum absolute atomic E-state index is 11.4. The number of aromatic amines is 1. The summed E-state index contributed by atoms with van der Waals surface area (Å²) < 4.78 is 5.28. The molecule has 0 fully saturated rings. The number of carbonyl (C=O) groups excluding carboxylic acids is 1. The molecule has 1 aromatic rings. The van der Waals surface area contributed by atoms with E-state index in [9.17, 15) is 4.79 Å². The van der Waals surface area contributed by atoms with E-state index in [1.54, 1.807) is 0 Å². The first-order valence-electron chi connectivity index (χ1n) is 5.28. The van der Waals surface area contributed by atoms with Crippen LogP contribution in [0.4, 0.5) is 5.95 Å². The first kappa shape index (κ1) is 12.4. The van der Waals surface area contributed by atoms with Crippen LogP contribution < -0.4 is 11.1 Å². The largest absolute Gasteiger partial charge is 0.380 e. The van der Waals surface area contributed by atoms with Crippen molar-refractivity contribution in [2.75, 3.05) is 25.5 Å². The van der Waals surface area contributed by atoms with Crippen LogP contribution in [0.1, 0.15) is 30.4 Å². The van der Waals surface area contributed by atoms with Gasteiger partial charge in [0.2, 0.25) is 11.8 Å². The molecule has 0 aliphatic heterocycles. The molecule has 90 valence electrons. The van der Waals surface area contributed by atoms with Gasteiger partial charge < -0.3 is 15.8 Å². The van der Waals surface area contributed by atoms with E-state index in [1.165, 1.54) is 0 Å². The highest BCUT2D eigenvalue weighted by Gasteiger charge is 2.08. The number of unbranched alkanes of at least 4 members (excludes halogenated alkanes) is 1. The van der Waals surface area contributed by atoms with Gasteiger partial charge in [-0.2, -0.15) is 4.98 Å². The Hall–Kier alpha value is -1.63. The number of nitrogens with zero attached hydrogens (tertiary/aromatic N) is 2. The number of anilines is 1. The van der Waals surface area contributed by atoms with Crippen molar-refractivity contribution in [2.24, 2.45) is 0 Å². The standard InChI is InChI=1S/C9H17N5O2/c1-2-3-5-16-6-4-11-8(15)7-12-9(10)14-13-7/h2-6H2,1H3,(H,11,15)(H3,10,12,13,14). The zero-order valence-electron chi connectivity index (χ0n) is 9.32. The minimum atomic E-state index is -0.330. The summed E-state index contributed by atoms with van der Waals surface area (Å²) >= 11 is 0. The molecular formula is C9H17N5O2. The Morgan fingerprint density at radius 3 is 3.00 bits per heavy atom. The van der Waals surface area contributed by atoms with Gasteiger partial charge in [-0.05, 0) is 6.42 Å². The number of hydrogen-bond acceptors (Lipinski definition) is 5. The molecule has 1 aromatic heterocycles. The molecule has 0 bridgehead atoms. The van der Waals surface area contributed by atoms with Crippen molar-refractivity contribution in [3.63, 3.8) is 0 Å². The smallest absolute Gasteiger partial charge is 0.288 e. The van der Waals surface area contributed by atoms with Crippen molar-refractivity contribution < 1.29 is 9.53 Å². The highest BCUT2D eigenvalue weighted by molar-refractivity contribution is 5.90. The Morgan fingerprint density at radius 2 is 2.38 bits per heavy atom. The van der Waals surface area contributed by atoms with E-state index in [2.05, 4.69) is 27.4 Å². The van der Waals surface area contributed by atoms with E-state index in [0.29, 0.717) is 13.2 Å². The number of aromatic nitrogens is 3. The number of nitrogen functional groups attached to an aromatic ring is 1. The molecule has 0 saturated carbocycles. The molecule has 7 heteroatoms. The second kappa shape index (κ2) is 6.78. The Morgan fingerprint density at radius 1 is 1.56 bits per heavy atom. The van der Waals surface area contributed by atoms with Crippen molar-refractivity contribution in [1.29, 1.82) is 0 Å². The third-order valence-electron chi connectivity index (χ3n) is 1.89. The van der Waals surface area contributed by atoms with E-state index < -0.39 is 0 Å². The molecule has 0 saturated heterocycles. The molecule has 0 atom stereocenters. The Bertz CT molecular complexity index is 325. The quantitative estimate of drug-likeness (QED) is 0.565. The number of H-pyrrole nitrogens is 1. The normalized spacial score (nSPS) is 10.3. The van der Waals surface area contributed by atoms with Gasteiger partial charge in [-0.3, -0.25) is 9.89 Å². The molecule has 0 radical (unpaired) electrons. The topological polar surface area (TPSA) is 106 Å². The molecule has 1 rings (SSSR count). The second-order valence-corrected chi connectivity index (χ2v) is 3.26. The minimum absolute atomic E-state index is 0.0596. The van der Waals surface area contributed by atoms with Crippen LogP contribution in [0.5, 0.6) is 0 Å². The average molecular weight is 227 g/mol. The van der Waals surface area contributed by atoms with Gasteiger partial charge in [0.25, 0.3) is 5.91 Å². The fourth-order valence-electron chi connectivity index (χ4n) is 1.05. The molecule has 0 spiro atoms. The number of ether oxygens (including phenoxy) is 1. The molecular weight excluding hydrogens is 210 g/mol. The summed E-state index contributed by atoms with van der Waals surface area (Å²) in [7, 11) is 0. The van der Waals surface area contributed by atoms with Crippen LogP contribution in [0.3, 0.4) is 0 Å². The van der Waals surface area contributed by atoms with Gasteiger partial charge in [0.05, 0.1) is 6.61 Å². The van der Waals surface area contributed by atoms with Gasteiger partial charge in [-0.1, -0.05) is 13.3 Å². The van der Waals surface area contributed by atoms with Crippen molar-refractivity contribution >= 4 is 11.9 Å². The predicted molar refractivity (Wildman–Crippen MR) is 58.9 cm³/mol. The van der Waals surface area contributed by atoms with Crippen molar-refractivity contribution in [3.05, 3.63) is 5.82 Å². The van der Waals surface area contributed by atoms with Crippen molar-refractivity contribution in [2.45, 2.75) is 19.8 Å². The SMILES string of the molecule is CCCCOCCNC(=O)c1nc(N)n[nH]1. The number of rotatable bonds is 7. The summed E-state index contributed by atoms with van der Waals surface area (Å²) in [6.07, 6.45) is 2.14. The number of carbonyl (C=O) groups is 1. The highest BCUT2D eigenvalue weighted by Crippen LogP contribution is 1.92. The van der Waals surface area contributed by atoms with Gasteiger partial charge in [-0.15, -0.1) is 5.10 Å². The van der Waals surface area contributed by atoms with Gasteiger partial charge in [0.1, 0.15) is 0 Å². The monoisotopic (exact) mass is 227 g/mol. The van der Waals surface area contributed by atoms with Crippen LogP contribution in [0, 0.1) is 0 Å². The van der Waals surface area contributed by atoms with Gasteiger partial charge in [0.15, 0.2) is 0 Å². The lowest BCUT2D eigenvalue weighted by Gasteiger charge is -2.03. The molecule has 0 unspecified atom stereocenters. The summed E-state index contributed by atoms with van der Waals surface area (Å²) in [5, 5.41) is 8.62. The maximum Gasteiger partial charge on any atom is 0.288 e. The molecule has 0 aliphatic carbocycles. The average Bonchev–Trinajstić information content (AvgIpc) is 2.70. The second-order valence-electron chi connectivity index (χ2n) is 3.26. The van der Waals surface area contributed by atoms with E-state index in [1.807, 2.05) is 0 Å². The predicted octanol–water partition coefficient (Wildman–Crippen LogP) is -0.0666. The molecule has 1 heterocycles. The first-order valence-corrected chi connectivity index (χ1v) is 5.28. The Balaban J connectivity index is 2.11. The lowest BCUT2D eigenvalue weighted by atomic mass is 10.4. The molecule has 0 aliphatic rings. The van der Waals surface area contributed by atoms with Crippen molar-refractivity contribution in [3.8, 4) is 0 Å². The fraction of sp³-hybridized carbons (Fsp3) is 0.667. The van der Waals surface area contributed by atoms with Crippen LogP contribution in [0.15, 0.2) is 0 Å². The van der Waals surface area contributed by atoms with E-state index in [0.717, 1.165) is 19.4 Å². The van der Waals surface area contributed by atoms with Gasteiger partial charge in [-0.25, -0.2) is 0 Å². The molecule has 4 N–H and O–H groups in total. The number of nitrogens with one attached hydrogen (secondary N) is 2. The number of nitrogens with two attached hydrogens (primary N) is 1. The molecule has 16 heavy (non-hydrogen) atoms. The lowest BCUT2D eigenvalue weighted by molar-refractivity contribution is 0.0903. The van der Waals surface area contributed by atoms with E-state index >= 15 is 0 Å². The summed E-state index contributed by atoms with van der Waals surface area (Å²) in [4.78, 5) is 15.1. The zero-order chi connectivity index (χ0) is 11.8. The number of amides is 1. The van der Waals surface area contributed by atoms with Crippen LogP contribution >= 0.6 is 0 Å². The van der Waals surface area contributed by atoms with Crippen LogP contribution in [-0.2, 0) is 4.74 Å². The van der Waals surface area contributed by atoms with Crippen molar-refractivity contribution in [1.82, 2.24) is 20.5 Å². The van der Waals surface area contributed by atoms with E-state index in [-0.39, 0.29) is 17.7 Å². The molecule has 1 amide bonds. The van der Waals surface area contributed by atoms with Crippen LogP contribution in [0.2, 0.25) is 0 Å². The summed E-state index contributed by atoms with van der Waals surface area (Å²) in [5.41, 5.74) is 5.27. The lowest BCUT2D eigenvalue weighted by Crippen LogP contribution is -2.28. The molecule has 0 aromatic carbocycles. The summed E-state index contributed by atoms with van der Waals surface area (Å²) in [5.74, 6) is -0.154. The van der Waals surface area contributed by atoms with Gasteiger partial charge in [0, 0.05) is 13.2 Å². The zero-order valence-corrected chi connectivity index (χ0v) is 9.32. The third kappa shape index (κ3) is 4.26. The fourth-order valence-corrected chi connectivity index (χ4v) is 1.05. The van der Waals surface area contributed by atoms with E-state index in [4.69, 9.17) is 10.5 Å². The summed E-state index contributed by atoms with van der Waals surface area (Å²) in [6, 6.07) is 0. The Labute approximate surface area is 93.8 Å². The Kier molecular flexibility index (Phi) is 5.27. The van der Waals surface area contributed by atoms with Crippen LogP contribution in [-0.4, -0.2) is 40.8 Å². The molecule has 7 nitrogen and oxygen atoms in total. The first-order chi connectivity index (χ1) is 7.74. The third-order valence-corrected chi connectivity index (χ3v) is 1.89. The number of hydrogen-bond donors (Lipinski definition) is 3. The summed E-state index contributed by atoms with van der Waals surface area (Å²) in [6.45, 7) is 3.76. The van der Waals surface area contributed by atoms with Gasteiger partial charge >= 0.3 is 0 Å². The van der Waals surface area contributed by atoms with Crippen LogP contribution in [0.25, 0.3) is 0 Å². The highest BCUT2D eigenvalue weighted by atomic mass is 16.5. The minimum Gasteiger partial charge on any atom is -0.380 e.